The molecular formula is C56H98N4O9. The predicted molar refractivity (Wildman–Crippen MR) is 273 cm³/mol. The highest BCUT2D eigenvalue weighted by Gasteiger charge is 2.59. The average Bonchev–Trinajstić information content (AvgIpc) is 3.58. The molecule has 0 bridgehead atoms. The molecule has 4 aliphatic carbocycles. The molecular weight excluding hydrogens is 873 g/mol. The minimum Gasteiger partial charge on any atom is -0.462 e. The monoisotopic (exact) mass is 971 g/mol. The number of carbonyl (C=O) groups excluding carboxylic acids is 5. The lowest BCUT2D eigenvalue weighted by molar-refractivity contribution is -0.153. The highest BCUT2D eigenvalue weighted by atomic mass is 16.6. The molecule has 396 valence electrons. The third kappa shape index (κ3) is 18.2. The van der Waals surface area contributed by atoms with E-state index in [4.69, 9.17) is 18.9 Å². The first-order valence-corrected chi connectivity index (χ1v) is 27.2. The van der Waals surface area contributed by atoms with Gasteiger partial charge in [0.1, 0.15) is 22.9 Å². The molecule has 3 saturated carbocycles. The van der Waals surface area contributed by atoms with Gasteiger partial charge in [0.2, 0.25) is 5.91 Å². The van der Waals surface area contributed by atoms with E-state index in [-0.39, 0.29) is 36.2 Å². The number of allylic oxidation sites excluding steroid dienone is 1. The van der Waals surface area contributed by atoms with Crippen LogP contribution < -0.4 is 10.6 Å². The summed E-state index contributed by atoms with van der Waals surface area (Å²) < 4.78 is 22.6. The van der Waals surface area contributed by atoms with Crippen molar-refractivity contribution in [3.05, 3.63) is 11.6 Å². The van der Waals surface area contributed by atoms with Crippen molar-refractivity contribution in [3.8, 4) is 0 Å². The summed E-state index contributed by atoms with van der Waals surface area (Å²) in [6.45, 7) is 30.9. The number of fused-ring (bicyclic) bond motifs is 5. The Morgan fingerprint density at radius 3 is 1.81 bits per heavy atom. The zero-order valence-corrected chi connectivity index (χ0v) is 46.0. The second-order valence-corrected chi connectivity index (χ2v) is 25.3. The van der Waals surface area contributed by atoms with Crippen LogP contribution in [0.15, 0.2) is 11.6 Å². The van der Waals surface area contributed by atoms with Crippen LogP contribution in [0.1, 0.15) is 206 Å². The molecule has 13 nitrogen and oxygen atoms in total. The van der Waals surface area contributed by atoms with E-state index in [1.54, 1.807) is 51.3 Å². The van der Waals surface area contributed by atoms with Gasteiger partial charge in [-0.3, -0.25) is 9.59 Å². The number of esters is 1. The van der Waals surface area contributed by atoms with Gasteiger partial charge in [-0.2, -0.15) is 0 Å². The van der Waals surface area contributed by atoms with Crippen molar-refractivity contribution in [2.45, 2.75) is 229 Å². The Balaban J connectivity index is 1.30. The van der Waals surface area contributed by atoms with Crippen LogP contribution in [0.25, 0.3) is 0 Å². The fraction of sp³-hybridized carbons (Fsp3) is 0.875. The van der Waals surface area contributed by atoms with E-state index < -0.39 is 35.1 Å². The molecule has 0 aromatic heterocycles. The van der Waals surface area contributed by atoms with Gasteiger partial charge in [0.05, 0.1) is 6.42 Å². The maximum Gasteiger partial charge on any atom is 0.410 e. The SMILES string of the molecule is CC(C)CCC[C@@H](C)[C@H]1CC[C@H]2[C@@H]3CC=C4C[C@@H](OC(=O)CCC(=O)N(CCCCN(CCCNC(=O)OC(C)(C)C)C(=O)OC(C)(C)C)CCCNC(=O)OC(C)(C)C)CC[C@]4(C)[C@H]3CC[C@]12C. The van der Waals surface area contributed by atoms with Gasteiger partial charge in [-0.25, -0.2) is 14.4 Å². The number of carbonyl (C=O) groups is 5. The maximum absolute atomic E-state index is 13.8. The van der Waals surface area contributed by atoms with Gasteiger partial charge in [-0.15, -0.1) is 0 Å². The Bertz CT molecular complexity index is 1730. The minimum absolute atomic E-state index is 0.00405. The predicted octanol–water partition coefficient (Wildman–Crippen LogP) is 12.4. The van der Waals surface area contributed by atoms with Crippen LogP contribution in [-0.2, 0) is 28.5 Å². The third-order valence-electron chi connectivity index (χ3n) is 15.8. The molecule has 2 N–H and O–H groups in total. The fourth-order valence-electron chi connectivity index (χ4n) is 12.5. The summed E-state index contributed by atoms with van der Waals surface area (Å²) in [7, 11) is 0. The molecule has 0 heterocycles. The number of hydrogen-bond donors (Lipinski definition) is 2. The first kappa shape index (κ1) is 58.1. The summed E-state index contributed by atoms with van der Waals surface area (Å²) in [5.41, 5.74) is 0.172. The zero-order chi connectivity index (χ0) is 51.4. The number of alkyl carbamates (subject to hydrolysis) is 2. The van der Waals surface area contributed by atoms with E-state index in [0.717, 1.165) is 55.3 Å². The fourth-order valence-corrected chi connectivity index (χ4v) is 12.5. The van der Waals surface area contributed by atoms with Crippen LogP contribution in [0.5, 0.6) is 0 Å². The van der Waals surface area contributed by atoms with Gasteiger partial charge in [0.15, 0.2) is 0 Å². The van der Waals surface area contributed by atoms with E-state index >= 15 is 0 Å². The summed E-state index contributed by atoms with van der Waals surface area (Å²) in [4.78, 5) is 68.4. The maximum atomic E-state index is 13.8. The molecule has 0 aromatic carbocycles. The molecule has 0 aromatic rings. The molecule has 4 rings (SSSR count). The quantitative estimate of drug-likeness (QED) is 0.0467. The van der Waals surface area contributed by atoms with Crippen molar-refractivity contribution in [2.24, 2.45) is 46.3 Å². The summed E-state index contributed by atoms with van der Waals surface area (Å²) in [5, 5.41) is 5.52. The van der Waals surface area contributed by atoms with Gasteiger partial charge < -0.3 is 39.4 Å². The van der Waals surface area contributed by atoms with E-state index in [9.17, 15) is 24.0 Å². The lowest BCUT2D eigenvalue weighted by Gasteiger charge is -2.58. The van der Waals surface area contributed by atoms with Gasteiger partial charge in [-0.1, -0.05) is 65.5 Å². The van der Waals surface area contributed by atoms with Crippen molar-refractivity contribution in [3.63, 3.8) is 0 Å². The van der Waals surface area contributed by atoms with Crippen LogP contribution >= 0.6 is 0 Å². The van der Waals surface area contributed by atoms with Crippen molar-refractivity contribution in [1.29, 1.82) is 0 Å². The Kier molecular flexibility index (Phi) is 21.2. The largest absolute Gasteiger partial charge is 0.462 e. The van der Waals surface area contributed by atoms with Crippen molar-refractivity contribution in [1.82, 2.24) is 20.4 Å². The molecule has 0 radical (unpaired) electrons. The lowest BCUT2D eigenvalue weighted by Crippen LogP contribution is -2.51. The van der Waals surface area contributed by atoms with E-state index in [1.807, 2.05) is 20.8 Å². The van der Waals surface area contributed by atoms with Gasteiger partial charge >= 0.3 is 24.2 Å². The molecule has 13 heteroatoms. The second-order valence-electron chi connectivity index (χ2n) is 25.3. The van der Waals surface area contributed by atoms with E-state index in [1.165, 1.54) is 50.5 Å². The van der Waals surface area contributed by atoms with Gasteiger partial charge in [0.25, 0.3) is 0 Å². The zero-order valence-electron chi connectivity index (χ0n) is 46.0. The van der Waals surface area contributed by atoms with Gasteiger partial charge in [0, 0.05) is 52.1 Å². The Morgan fingerprint density at radius 2 is 1.23 bits per heavy atom. The summed E-state index contributed by atoms with van der Waals surface area (Å²) in [6.07, 6.45) is 16.4. The second kappa shape index (κ2) is 25.2. The number of rotatable bonds is 22. The molecule has 0 spiro atoms. The number of ether oxygens (including phenoxy) is 4. The Morgan fingerprint density at radius 1 is 0.667 bits per heavy atom. The first-order chi connectivity index (χ1) is 32.1. The summed E-state index contributed by atoms with van der Waals surface area (Å²) in [5.74, 6) is 4.17. The molecule has 8 atom stereocenters. The first-order valence-electron chi connectivity index (χ1n) is 27.2. The van der Waals surface area contributed by atoms with Crippen LogP contribution in [0.3, 0.4) is 0 Å². The Hall–Kier alpha value is -3.51. The molecule has 4 amide bonds. The number of nitrogens with one attached hydrogen (secondary N) is 2. The van der Waals surface area contributed by atoms with E-state index in [2.05, 4.69) is 51.3 Å². The van der Waals surface area contributed by atoms with Crippen LogP contribution in [0.4, 0.5) is 14.4 Å². The molecule has 4 aliphatic rings. The smallest absolute Gasteiger partial charge is 0.410 e. The molecule has 0 aliphatic heterocycles. The Labute approximate surface area is 418 Å². The summed E-state index contributed by atoms with van der Waals surface area (Å²) in [6, 6.07) is 0. The lowest BCUT2D eigenvalue weighted by atomic mass is 9.47. The highest BCUT2D eigenvalue weighted by molar-refractivity contribution is 5.81. The number of nitrogens with zero attached hydrogens (tertiary/aromatic N) is 2. The van der Waals surface area contributed by atoms with Crippen molar-refractivity contribution >= 4 is 30.2 Å². The average molecular weight is 971 g/mol. The minimum atomic E-state index is -0.681. The van der Waals surface area contributed by atoms with Crippen LogP contribution in [0, 0.1) is 46.3 Å². The number of amides is 4. The van der Waals surface area contributed by atoms with Gasteiger partial charge in [-0.05, 0) is 179 Å². The molecule has 3 fully saturated rings. The molecule has 0 saturated heterocycles. The van der Waals surface area contributed by atoms with E-state index in [0.29, 0.717) is 76.3 Å². The molecule has 0 unspecified atom stereocenters. The third-order valence-corrected chi connectivity index (χ3v) is 15.8. The van der Waals surface area contributed by atoms with Crippen LogP contribution in [0.2, 0.25) is 0 Å². The molecule has 69 heavy (non-hydrogen) atoms. The highest BCUT2D eigenvalue weighted by Crippen LogP contribution is 2.67. The topological polar surface area (TPSA) is 153 Å². The van der Waals surface area contributed by atoms with Crippen molar-refractivity contribution in [2.75, 3.05) is 39.3 Å². The van der Waals surface area contributed by atoms with Crippen LogP contribution in [-0.4, -0.2) is 102 Å². The van der Waals surface area contributed by atoms with Crippen molar-refractivity contribution < 1.29 is 42.9 Å². The normalized spacial score (nSPS) is 26.1. The number of hydrogen-bond acceptors (Lipinski definition) is 9. The number of unbranched alkanes of at least 4 members (excludes halogenated alkanes) is 1. The standard InChI is InChI=1S/C56H98N4O9/c1-39(2)20-17-21-40(3)44-24-25-45-43-23-22-41-38-42(28-30-55(41,13)46(43)29-31-56(44,45)14)66-48(62)27-26-47(61)59(36-18-32-57-49(63)67-52(4,5)6)34-15-16-35-60(51(65)69-54(10,11)12)37-19-33-58-50(64)68-53(7,8)9/h22,39-40,42-46H,15-21,23-38H2,1-14H3,(H,57,63)(H,58,64)/t40-,42+,43+,44-,45+,46+,55+,56-/m1/s1. The summed E-state index contributed by atoms with van der Waals surface area (Å²) >= 11 is 0.